The van der Waals surface area contributed by atoms with Gasteiger partial charge in [-0.15, -0.1) is 0 Å². The molecule has 0 unspecified atom stereocenters. The second kappa shape index (κ2) is 12.7. The van der Waals surface area contributed by atoms with Crippen molar-refractivity contribution in [3.63, 3.8) is 0 Å². The van der Waals surface area contributed by atoms with E-state index in [1.54, 1.807) is 14.2 Å². The van der Waals surface area contributed by atoms with Crippen molar-refractivity contribution in [1.29, 1.82) is 0 Å². The molecule has 0 aliphatic carbocycles. The quantitative estimate of drug-likeness (QED) is 0.443. The molecule has 0 amide bonds. The van der Waals surface area contributed by atoms with Gasteiger partial charge >= 0.3 is 0 Å². The summed E-state index contributed by atoms with van der Waals surface area (Å²) < 4.78 is 4.25. The minimum absolute atomic E-state index is 0. The first-order chi connectivity index (χ1) is 1.41. The van der Waals surface area contributed by atoms with Crippen LogP contribution in [0.15, 0.2) is 0 Å². The van der Waals surface area contributed by atoms with Crippen LogP contribution in [0.3, 0.4) is 0 Å². The maximum atomic E-state index is 4.25. The van der Waals surface area contributed by atoms with Gasteiger partial charge in [-0.25, -0.2) is 0 Å². The highest BCUT2D eigenvalue weighted by atomic mass is 16.4. The van der Waals surface area contributed by atoms with E-state index in [4.69, 9.17) is 0 Å². The van der Waals surface area contributed by atoms with Crippen molar-refractivity contribution >= 4 is 0 Å². The molecule has 0 atom stereocenters. The van der Waals surface area contributed by atoms with E-state index in [0.717, 1.165) is 0 Å². The molecule has 0 spiro atoms. The Balaban J connectivity index is 0. The largest absolute Gasteiger partial charge is 0.388 e. The molecular formula is C2H9NO. The highest BCUT2D eigenvalue weighted by Crippen LogP contribution is 1.28. The third-order valence-corrected chi connectivity index (χ3v) is 0. The van der Waals surface area contributed by atoms with Crippen LogP contribution in [0, 0.1) is 0 Å². The summed E-state index contributed by atoms with van der Waals surface area (Å²) in [7, 11) is 3.25. The van der Waals surface area contributed by atoms with Gasteiger partial charge in [-0.1, -0.05) is 0 Å². The van der Waals surface area contributed by atoms with Crippen molar-refractivity contribution in [2.45, 2.75) is 0 Å². The Morgan fingerprint density at radius 2 is 1.25 bits per heavy atom. The molecule has 0 radical (unpaired) electrons. The molecule has 28 valence electrons. The van der Waals surface area contributed by atoms with E-state index in [0.29, 0.717) is 0 Å². The van der Waals surface area contributed by atoms with Crippen molar-refractivity contribution in [3.8, 4) is 0 Å². The summed E-state index contributed by atoms with van der Waals surface area (Å²) in [6, 6.07) is 0. The summed E-state index contributed by atoms with van der Waals surface area (Å²) in [6.45, 7) is 0. The lowest BCUT2D eigenvalue weighted by Gasteiger charge is -1.61. The van der Waals surface area contributed by atoms with Gasteiger partial charge in [0, 0.05) is 14.2 Å². The van der Waals surface area contributed by atoms with E-state index >= 15 is 0 Å². The van der Waals surface area contributed by atoms with Gasteiger partial charge in [0.05, 0.1) is 0 Å². The number of hydrogen-bond donors (Lipinski definition) is 1. The Kier molecular flexibility index (Phi) is 28.8. The molecule has 0 aromatic carbocycles. The van der Waals surface area contributed by atoms with E-state index < -0.39 is 0 Å². The van der Waals surface area contributed by atoms with Crippen molar-refractivity contribution < 1.29 is 4.74 Å². The fraction of sp³-hybridized carbons (Fsp3) is 1.00. The molecule has 0 bridgehead atoms. The van der Waals surface area contributed by atoms with Gasteiger partial charge < -0.3 is 10.9 Å². The number of rotatable bonds is 0. The van der Waals surface area contributed by atoms with Crippen molar-refractivity contribution in [2.24, 2.45) is 0 Å². The molecule has 0 fully saturated rings. The highest BCUT2D eigenvalue weighted by molar-refractivity contribution is 3.56. The van der Waals surface area contributed by atoms with Crippen LogP contribution in [0.5, 0.6) is 0 Å². The molecule has 0 aliphatic rings. The predicted octanol–water partition coefficient (Wildman–Crippen LogP) is 0.425. The smallest absolute Gasteiger partial charge is 0.0351 e. The molecule has 0 aromatic rings. The normalized spacial score (nSPS) is 4.50. The summed E-state index contributed by atoms with van der Waals surface area (Å²) in [5.74, 6) is 0. The molecule has 0 aliphatic heterocycles. The van der Waals surface area contributed by atoms with E-state index in [9.17, 15) is 0 Å². The van der Waals surface area contributed by atoms with Crippen LogP contribution >= 0.6 is 0 Å². The fourth-order valence-corrected chi connectivity index (χ4v) is 0. The van der Waals surface area contributed by atoms with Crippen molar-refractivity contribution in [3.05, 3.63) is 0 Å². The Morgan fingerprint density at radius 3 is 1.25 bits per heavy atom. The molecular weight excluding hydrogens is 54.0 g/mol. The summed E-state index contributed by atoms with van der Waals surface area (Å²) in [5.41, 5.74) is 0. The lowest BCUT2D eigenvalue weighted by molar-refractivity contribution is 0.277. The first kappa shape index (κ1) is 9.07. The molecule has 0 heterocycles. The van der Waals surface area contributed by atoms with E-state index in [2.05, 4.69) is 4.74 Å². The van der Waals surface area contributed by atoms with Crippen LogP contribution in [0.1, 0.15) is 0 Å². The molecule has 0 saturated carbocycles. The molecule has 3 N–H and O–H groups in total. The zero-order valence-electron chi connectivity index (χ0n) is 3.12. The lowest BCUT2D eigenvalue weighted by atomic mass is 11.6. The maximum absolute atomic E-state index is 4.25. The molecule has 0 aromatic heterocycles. The van der Waals surface area contributed by atoms with Crippen LogP contribution in [-0.4, -0.2) is 14.2 Å². The second-order valence-electron chi connectivity index (χ2n) is 0.408. The van der Waals surface area contributed by atoms with Gasteiger partial charge in [0.15, 0.2) is 0 Å². The third kappa shape index (κ3) is 254. The zero-order valence-corrected chi connectivity index (χ0v) is 3.12. The summed E-state index contributed by atoms with van der Waals surface area (Å²) >= 11 is 0. The first-order valence-electron chi connectivity index (χ1n) is 0.816. The van der Waals surface area contributed by atoms with Crippen molar-refractivity contribution in [2.75, 3.05) is 14.2 Å². The van der Waals surface area contributed by atoms with Crippen LogP contribution < -0.4 is 6.15 Å². The van der Waals surface area contributed by atoms with Crippen LogP contribution in [0.25, 0.3) is 0 Å². The van der Waals surface area contributed by atoms with Crippen LogP contribution in [0.4, 0.5) is 0 Å². The molecule has 4 heavy (non-hydrogen) atoms. The summed E-state index contributed by atoms with van der Waals surface area (Å²) in [6.07, 6.45) is 0. The van der Waals surface area contributed by atoms with Gasteiger partial charge in [-0.3, -0.25) is 0 Å². The van der Waals surface area contributed by atoms with Gasteiger partial charge in [0.25, 0.3) is 0 Å². The highest BCUT2D eigenvalue weighted by Gasteiger charge is 1.25. The average Bonchev–Trinajstić information content (AvgIpc) is 0.918. The second-order valence-corrected chi connectivity index (χ2v) is 0.408. The third-order valence-electron chi connectivity index (χ3n) is 0. The minimum Gasteiger partial charge on any atom is -0.388 e. The SMILES string of the molecule is COC.N. The molecule has 0 rings (SSSR count). The maximum Gasteiger partial charge on any atom is 0.0351 e. The van der Waals surface area contributed by atoms with E-state index in [1.165, 1.54) is 0 Å². The number of methoxy groups -OCH3 is 1. The lowest BCUT2D eigenvalue weighted by Crippen LogP contribution is -1.55. The Morgan fingerprint density at radius 1 is 1.25 bits per heavy atom. The fourth-order valence-electron chi connectivity index (χ4n) is 0. The topological polar surface area (TPSA) is 44.2 Å². The van der Waals surface area contributed by atoms with Gasteiger partial charge in [-0.05, 0) is 0 Å². The van der Waals surface area contributed by atoms with Crippen LogP contribution in [0.2, 0.25) is 0 Å². The summed E-state index contributed by atoms with van der Waals surface area (Å²) in [5, 5.41) is 0. The van der Waals surface area contributed by atoms with Crippen LogP contribution in [-0.2, 0) is 4.74 Å². The zero-order chi connectivity index (χ0) is 2.71. The minimum atomic E-state index is 0. The van der Waals surface area contributed by atoms with Gasteiger partial charge in [0.2, 0.25) is 0 Å². The molecule has 2 nitrogen and oxygen atoms in total. The Labute approximate surface area is 26.4 Å². The van der Waals surface area contributed by atoms with Gasteiger partial charge in [0.1, 0.15) is 0 Å². The Hall–Kier alpha value is -0.0800. The number of ether oxygens (including phenoxy) is 1. The molecule has 2 heteroatoms. The van der Waals surface area contributed by atoms with E-state index in [1.807, 2.05) is 0 Å². The first-order valence-corrected chi connectivity index (χ1v) is 0.816. The van der Waals surface area contributed by atoms with Gasteiger partial charge in [-0.2, -0.15) is 0 Å². The number of hydrogen-bond acceptors (Lipinski definition) is 2. The Bertz CT molecular complexity index is 6.00. The monoisotopic (exact) mass is 63.1 g/mol. The van der Waals surface area contributed by atoms with Crippen molar-refractivity contribution in [1.82, 2.24) is 6.15 Å². The average molecular weight is 63.1 g/mol. The standard InChI is InChI=1S/C2H6O.H3N/c1-3-2;/h1-2H3;1H3. The van der Waals surface area contributed by atoms with E-state index in [-0.39, 0.29) is 6.15 Å². The molecule has 0 saturated heterocycles. The predicted molar refractivity (Wildman–Crippen MR) is 18.0 cm³/mol. The summed E-state index contributed by atoms with van der Waals surface area (Å²) in [4.78, 5) is 0.